The van der Waals surface area contributed by atoms with Crippen LogP contribution in [0.15, 0.2) is 48.6 Å². The first-order valence-electron chi connectivity index (χ1n) is 20.1. The zero-order chi connectivity index (χ0) is 37.9. The number of aryl methyl sites for hydroxylation is 1. The molecule has 294 valence electrons. The van der Waals surface area contributed by atoms with E-state index in [1.807, 2.05) is 32.2 Å². The van der Waals surface area contributed by atoms with Crippen molar-refractivity contribution in [2.24, 2.45) is 17.8 Å². The zero-order valence-corrected chi connectivity index (χ0v) is 33.5. The number of fused-ring (bicyclic) bond motifs is 4. The molecule has 3 fully saturated rings. The second-order valence-electron chi connectivity index (χ2n) is 16.3. The van der Waals surface area contributed by atoms with Crippen molar-refractivity contribution in [3.05, 3.63) is 70.3 Å². The average molecular weight is 781 g/mol. The third-order valence-corrected chi connectivity index (χ3v) is 15.2. The summed E-state index contributed by atoms with van der Waals surface area (Å²) in [6.07, 6.45) is 13.8. The summed E-state index contributed by atoms with van der Waals surface area (Å²) in [5.74, 6) is 0.0729. The Morgan fingerprint density at radius 1 is 1.00 bits per heavy atom. The molecule has 1 unspecified atom stereocenters. The van der Waals surface area contributed by atoms with Crippen molar-refractivity contribution in [1.82, 2.24) is 14.5 Å². The van der Waals surface area contributed by atoms with Gasteiger partial charge in [-0.25, -0.2) is 13.1 Å². The van der Waals surface area contributed by atoms with Gasteiger partial charge < -0.3 is 19.2 Å². The summed E-state index contributed by atoms with van der Waals surface area (Å²) in [7, 11) is -2.37. The van der Waals surface area contributed by atoms with Crippen LogP contribution >= 0.6 is 11.6 Å². The number of piperidine rings is 1. The number of piperazine rings is 1. The van der Waals surface area contributed by atoms with Crippen molar-refractivity contribution >= 4 is 39.5 Å². The number of hydrogen-bond acceptors (Lipinski definition) is 9. The smallest absolute Gasteiger partial charge is 0.264 e. The van der Waals surface area contributed by atoms with Crippen LogP contribution in [-0.4, -0.2) is 100 Å². The van der Waals surface area contributed by atoms with E-state index in [0.717, 1.165) is 82.6 Å². The third-order valence-electron chi connectivity index (χ3n) is 13.0. The van der Waals surface area contributed by atoms with Crippen LogP contribution in [-0.2, 0) is 32.6 Å². The molecule has 12 heteroatoms. The molecule has 0 radical (unpaired) electrons. The van der Waals surface area contributed by atoms with Crippen LogP contribution in [0.1, 0.15) is 86.2 Å². The number of nitrogens with one attached hydrogen (secondary N) is 1. The highest BCUT2D eigenvalue weighted by molar-refractivity contribution is 7.90. The van der Waals surface area contributed by atoms with Crippen LogP contribution in [0.5, 0.6) is 5.75 Å². The molecule has 54 heavy (non-hydrogen) atoms. The van der Waals surface area contributed by atoms with Crippen molar-refractivity contribution in [3.63, 3.8) is 0 Å². The summed E-state index contributed by atoms with van der Waals surface area (Å²) in [4.78, 5) is 33.2. The minimum absolute atomic E-state index is 0.206. The predicted molar refractivity (Wildman–Crippen MR) is 213 cm³/mol. The number of carbonyl (C=O) groups excluding carboxylic acids is 2. The largest absolute Gasteiger partial charge is 0.487 e. The van der Waals surface area contributed by atoms with Crippen LogP contribution in [0.3, 0.4) is 0 Å². The van der Waals surface area contributed by atoms with Gasteiger partial charge in [-0.05, 0) is 117 Å². The molecule has 7 rings (SSSR count). The Bertz CT molecular complexity index is 1810. The minimum Gasteiger partial charge on any atom is -0.487 e. The van der Waals surface area contributed by atoms with E-state index in [4.69, 9.17) is 21.1 Å². The Balaban J connectivity index is 1.27. The lowest BCUT2D eigenvalue weighted by Crippen LogP contribution is -2.61. The number of ether oxygens (including phenoxy) is 2. The van der Waals surface area contributed by atoms with Gasteiger partial charge in [-0.15, -0.1) is 0 Å². The van der Waals surface area contributed by atoms with Gasteiger partial charge in [-0.3, -0.25) is 14.6 Å². The van der Waals surface area contributed by atoms with Gasteiger partial charge in [-0.2, -0.15) is 0 Å². The number of amides is 1. The van der Waals surface area contributed by atoms with E-state index in [9.17, 15) is 18.0 Å². The van der Waals surface area contributed by atoms with Crippen molar-refractivity contribution in [2.75, 3.05) is 57.8 Å². The van der Waals surface area contributed by atoms with Gasteiger partial charge in [0, 0.05) is 69.4 Å². The maximum Gasteiger partial charge on any atom is 0.264 e. The fraction of sp³-hybridized carbons (Fsp3) is 0.619. The first-order chi connectivity index (χ1) is 26.1. The third kappa shape index (κ3) is 8.55. The highest BCUT2D eigenvalue weighted by atomic mass is 35.5. The maximum absolute atomic E-state index is 13.8. The predicted octanol–water partition coefficient (Wildman–Crippen LogP) is 6.26. The molecule has 1 amide bonds. The molecule has 1 saturated carbocycles. The van der Waals surface area contributed by atoms with E-state index >= 15 is 0 Å². The molecular formula is C42H57ClN4O6S. The molecule has 10 nitrogen and oxygen atoms in total. The summed E-state index contributed by atoms with van der Waals surface area (Å²) in [5, 5.41) is -0.365. The molecule has 4 heterocycles. The molecule has 2 saturated heterocycles. The Hall–Kier alpha value is -2.96. The summed E-state index contributed by atoms with van der Waals surface area (Å²) in [6, 6.07) is 11.7. The fourth-order valence-electron chi connectivity index (χ4n) is 9.74. The summed E-state index contributed by atoms with van der Waals surface area (Å²) < 4.78 is 43.2. The van der Waals surface area contributed by atoms with E-state index in [0.29, 0.717) is 42.0 Å². The van der Waals surface area contributed by atoms with Crippen molar-refractivity contribution < 1.29 is 27.5 Å². The average Bonchev–Trinajstić information content (AvgIpc) is 3.17. The number of carbonyl (C=O) groups is 2. The van der Waals surface area contributed by atoms with E-state index in [-0.39, 0.29) is 17.9 Å². The van der Waals surface area contributed by atoms with Gasteiger partial charge in [0.25, 0.3) is 5.91 Å². The number of sulfonamides is 1. The Labute approximate surface area is 326 Å². The van der Waals surface area contributed by atoms with Gasteiger partial charge in [0.2, 0.25) is 10.0 Å². The molecule has 0 aromatic heterocycles. The number of allylic oxidation sites excluding steroid dienone is 1. The zero-order valence-electron chi connectivity index (χ0n) is 31.9. The highest BCUT2D eigenvalue weighted by Crippen LogP contribution is 2.47. The van der Waals surface area contributed by atoms with Crippen LogP contribution in [0, 0.1) is 17.8 Å². The van der Waals surface area contributed by atoms with Gasteiger partial charge in [0.05, 0.1) is 10.9 Å². The first kappa shape index (κ1) is 39.3. The van der Waals surface area contributed by atoms with Crippen molar-refractivity contribution in [3.8, 4) is 5.75 Å². The number of benzene rings is 2. The standard InChI is InChI=1S/C42H57ClN4O6S/c1-30-8-7-18-42(52-2,29-45-21-22-46-19-6-4-10-36(46)27-45)37-15-12-33(37)26-47-20-5-3-9-31-24-35(43)14-11-34(31)28-53-39-16-13-32(25-38(39)47)41(49)44-54(50,51)40(30)17-23-48/h7,11,13-14,16,18,23-25,30,33,36-37,40H,3-6,8-10,12,15,17,19-22,26-29H2,1-2H3,(H,44,49)/b18-7+/t30?,33-,36+,37+,40+,42-/m0/s1. The van der Waals surface area contributed by atoms with Crippen LogP contribution in [0.2, 0.25) is 5.02 Å². The second-order valence-corrected chi connectivity index (χ2v) is 18.7. The molecule has 2 bridgehead atoms. The molecule has 4 aliphatic heterocycles. The van der Waals surface area contributed by atoms with Gasteiger partial charge in [0.15, 0.2) is 0 Å². The number of nitrogens with zero attached hydrogens (tertiary/aromatic N) is 3. The molecule has 0 spiro atoms. The summed E-state index contributed by atoms with van der Waals surface area (Å²) >= 11 is 6.41. The number of hydrogen-bond donors (Lipinski definition) is 1. The number of halogens is 1. The quantitative estimate of drug-likeness (QED) is 0.278. The Morgan fingerprint density at radius 2 is 1.85 bits per heavy atom. The number of methoxy groups -OCH3 is 1. The van der Waals surface area contributed by atoms with Crippen LogP contribution < -0.4 is 14.4 Å². The number of anilines is 1. The lowest BCUT2D eigenvalue weighted by molar-refractivity contribution is -0.108. The highest BCUT2D eigenvalue weighted by Gasteiger charge is 2.49. The first-order valence-corrected chi connectivity index (χ1v) is 22.0. The van der Waals surface area contributed by atoms with Crippen LogP contribution in [0.4, 0.5) is 5.69 Å². The van der Waals surface area contributed by atoms with E-state index in [1.165, 1.54) is 31.4 Å². The Kier molecular flexibility index (Phi) is 12.4. The SMILES string of the molecule is CO[C@]1(CN2CCN3CCCC[C@@H]3C2)/C=C/CC(C)[C@@H](CC=O)S(=O)(=O)NC(=O)c2ccc3c(c2)N(CCCCc2cc(Cl)ccc2CO3)C[C@@H]2CC[C@H]21. The van der Waals surface area contributed by atoms with Gasteiger partial charge >= 0.3 is 0 Å². The molecule has 6 atom stereocenters. The number of rotatable bonds is 5. The van der Waals surface area contributed by atoms with Crippen molar-refractivity contribution in [1.29, 1.82) is 0 Å². The maximum atomic E-state index is 13.8. The van der Waals surface area contributed by atoms with Crippen LogP contribution in [0.25, 0.3) is 0 Å². The minimum atomic E-state index is -4.20. The lowest BCUT2D eigenvalue weighted by Gasteiger charge is -2.53. The normalized spacial score (nSPS) is 31.6. The summed E-state index contributed by atoms with van der Waals surface area (Å²) in [5.41, 5.74) is 2.69. The van der Waals surface area contributed by atoms with Gasteiger partial charge in [0.1, 0.15) is 24.2 Å². The van der Waals surface area contributed by atoms with E-state index in [1.54, 1.807) is 18.2 Å². The topological polar surface area (TPSA) is 108 Å². The van der Waals surface area contributed by atoms with E-state index in [2.05, 4.69) is 31.6 Å². The lowest BCUT2D eigenvalue weighted by atomic mass is 9.63. The van der Waals surface area contributed by atoms with Gasteiger partial charge in [-0.1, -0.05) is 43.2 Å². The molecule has 1 N–H and O–H groups in total. The monoisotopic (exact) mass is 780 g/mol. The van der Waals surface area contributed by atoms with Crippen molar-refractivity contribution in [2.45, 2.75) is 94.6 Å². The van der Waals surface area contributed by atoms with E-state index < -0.39 is 32.7 Å². The molecule has 1 aliphatic carbocycles. The molecule has 5 aliphatic rings. The Morgan fingerprint density at radius 3 is 2.65 bits per heavy atom. The molecule has 2 aromatic carbocycles. The molecular weight excluding hydrogens is 724 g/mol. The summed E-state index contributed by atoms with van der Waals surface area (Å²) in [6.45, 7) is 8.74. The second kappa shape index (κ2) is 17.0. The number of aldehydes is 1. The molecule has 2 aromatic rings. The fourth-order valence-corrected chi connectivity index (χ4v) is 11.5.